The average Bonchev–Trinajstić information content (AvgIpc) is 2.41. The van der Waals surface area contributed by atoms with Gasteiger partial charge in [0.25, 0.3) is 0 Å². The molecule has 2 rings (SSSR count). The van der Waals surface area contributed by atoms with E-state index in [9.17, 15) is 9.18 Å². The van der Waals surface area contributed by atoms with Crippen molar-refractivity contribution in [3.05, 3.63) is 53.8 Å². The van der Waals surface area contributed by atoms with Gasteiger partial charge in [0, 0.05) is 0 Å². The van der Waals surface area contributed by atoms with E-state index in [1.807, 2.05) is 30.3 Å². The molecule has 0 fully saturated rings. The number of methoxy groups -OCH3 is 1. The lowest BCUT2D eigenvalue weighted by molar-refractivity contribution is 0.0601. The first-order valence-electron chi connectivity index (χ1n) is 5.36. The molecular weight excluding hydrogens is 233 g/mol. The minimum Gasteiger partial charge on any atom is -0.465 e. The van der Waals surface area contributed by atoms with Crippen molar-refractivity contribution in [2.24, 2.45) is 0 Å². The lowest BCUT2D eigenvalue weighted by Gasteiger charge is -2.10. The average molecular weight is 245 g/mol. The second-order valence-electron chi connectivity index (χ2n) is 3.78. The summed E-state index contributed by atoms with van der Waals surface area (Å²) < 4.78 is 18.1. The molecule has 3 nitrogen and oxygen atoms in total. The third kappa shape index (κ3) is 2.18. The first-order valence-corrected chi connectivity index (χ1v) is 5.36. The predicted molar refractivity (Wildman–Crippen MR) is 67.6 cm³/mol. The maximum Gasteiger partial charge on any atom is 0.338 e. The highest BCUT2D eigenvalue weighted by molar-refractivity contribution is 5.98. The standard InChI is InChI=1S/C14H12FNO2/c1-18-14(17)11-7-12(15)13(16)8-10(11)9-5-3-2-4-6-9/h2-8H,16H2,1H3. The van der Waals surface area contributed by atoms with Crippen LogP contribution in [-0.2, 0) is 4.74 Å². The van der Waals surface area contributed by atoms with Gasteiger partial charge in [-0.15, -0.1) is 0 Å². The van der Waals surface area contributed by atoms with Crippen LogP contribution in [0, 0.1) is 5.82 Å². The van der Waals surface area contributed by atoms with Crippen LogP contribution in [0.25, 0.3) is 11.1 Å². The van der Waals surface area contributed by atoms with E-state index in [-0.39, 0.29) is 11.3 Å². The molecule has 92 valence electrons. The van der Waals surface area contributed by atoms with Crippen molar-refractivity contribution in [1.82, 2.24) is 0 Å². The minimum atomic E-state index is -0.630. The zero-order chi connectivity index (χ0) is 13.1. The fourth-order valence-corrected chi connectivity index (χ4v) is 1.73. The molecule has 0 bridgehead atoms. The molecule has 0 aromatic heterocycles. The highest BCUT2D eigenvalue weighted by Crippen LogP contribution is 2.28. The van der Waals surface area contributed by atoms with Crippen LogP contribution < -0.4 is 5.73 Å². The fourth-order valence-electron chi connectivity index (χ4n) is 1.73. The van der Waals surface area contributed by atoms with Crippen molar-refractivity contribution in [2.75, 3.05) is 12.8 Å². The number of nitrogens with two attached hydrogens (primary N) is 1. The summed E-state index contributed by atoms with van der Waals surface area (Å²) in [5.41, 5.74) is 7.04. The van der Waals surface area contributed by atoms with Crippen molar-refractivity contribution in [1.29, 1.82) is 0 Å². The number of halogens is 1. The Morgan fingerprint density at radius 3 is 2.50 bits per heavy atom. The quantitative estimate of drug-likeness (QED) is 0.653. The zero-order valence-corrected chi connectivity index (χ0v) is 9.81. The van der Waals surface area contributed by atoms with Crippen LogP contribution >= 0.6 is 0 Å². The molecule has 0 saturated carbocycles. The smallest absolute Gasteiger partial charge is 0.338 e. The van der Waals surface area contributed by atoms with Crippen molar-refractivity contribution in [2.45, 2.75) is 0 Å². The second kappa shape index (κ2) is 4.87. The molecule has 0 atom stereocenters. The van der Waals surface area contributed by atoms with Gasteiger partial charge in [-0.05, 0) is 23.3 Å². The van der Waals surface area contributed by atoms with Crippen molar-refractivity contribution < 1.29 is 13.9 Å². The van der Waals surface area contributed by atoms with Gasteiger partial charge < -0.3 is 10.5 Å². The maximum absolute atomic E-state index is 13.4. The Bertz CT molecular complexity index is 582. The van der Waals surface area contributed by atoms with Crippen LogP contribution in [0.5, 0.6) is 0 Å². The molecular formula is C14H12FNO2. The fraction of sp³-hybridized carbons (Fsp3) is 0.0714. The van der Waals surface area contributed by atoms with Crippen LogP contribution in [0.2, 0.25) is 0 Å². The van der Waals surface area contributed by atoms with Gasteiger partial charge in [-0.25, -0.2) is 9.18 Å². The van der Waals surface area contributed by atoms with Gasteiger partial charge in [-0.2, -0.15) is 0 Å². The van der Waals surface area contributed by atoms with Crippen molar-refractivity contribution in [3.63, 3.8) is 0 Å². The van der Waals surface area contributed by atoms with E-state index in [1.54, 1.807) is 0 Å². The Balaban J connectivity index is 2.65. The van der Waals surface area contributed by atoms with Gasteiger partial charge in [0.05, 0.1) is 18.4 Å². The predicted octanol–water partition coefficient (Wildman–Crippen LogP) is 2.86. The molecule has 0 spiro atoms. The minimum absolute atomic E-state index is 0.00139. The molecule has 0 aliphatic rings. The number of nitrogen functional groups attached to an aromatic ring is 1. The third-order valence-corrected chi connectivity index (χ3v) is 2.63. The van der Waals surface area contributed by atoms with E-state index in [4.69, 9.17) is 5.73 Å². The normalized spacial score (nSPS) is 10.1. The first-order chi connectivity index (χ1) is 8.63. The van der Waals surface area contributed by atoms with E-state index in [0.29, 0.717) is 5.56 Å². The van der Waals surface area contributed by atoms with E-state index < -0.39 is 11.8 Å². The van der Waals surface area contributed by atoms with Gasteiger partial charge >= 0.3 is 5.97 Å². The second-order valence-corrected chi connectivity index (χ2v) is 3.78. The number of ether oxygens (including phenoxy) is 1. The molecule has 0 aliphatic carbocycles. The monoisotopic (exact) mass is 245 g/mol. The Hall–Kier alpha value is -2.36. The summed E-state index contributed by atoms with van der Waals surface area (Å²) in [7, 11) is 1.26. The number of carbonyl (C=O) groups excluding carboxylic acids is 1. The molecule has 2 aromatic carbocycles. The molecule has 4 heteroatoms. The van der Waals surface area contributed by atoms with Crippen LogP contribution in [-0.4, -0.2) is 13.1 Å². The molecule has 0 amide bonds. The van der Waals surface area contributed by atoms with Crippen molar-refractivity contribution in [3.8, 4) is 11.1 Å². The van der Waals surface area contributed by atoms with E-state index in [0.717, 1.165) is 11.6 Å². The number of hydrogen-bond acceptors (Lipinski definition) is 3. The van der Waals surface area contributed by atoms with E-state index in [2.05, 4.69) is 4.74 Å². The summed E-state index contributed by atoms with van der Waals surface area (Å²) in [6, 6.07) is 11.7. The Labute approximate surface area is 104 Å². The molecule has 0 saturated heterocycles. The Kier molecular flexibility index (Phi) is 3.28. The summed E-state index contributed by atoms with van der Waals surface area (Å²) in [6.07, 6.45) is 0. The number of carbonyl (C=O) groups is 1. The van der Waals surface area contributed by atoms with Gasteiger partial charge in [0.1, 0.15) is 5.82 Å². The van der Waals surface area contributed by atoms with Crippen LogP contribution in [0.15, 0.2) is 42.5 Å². The Morgan fingerprint density at radius 2 is 1.89 bits per heavy atom. The molecule has 0 unspecified atom stereocenters. The van der Waals surface area contributed by atoms with Crippen LogP contribution in [0.3, 0.4) is 0 Å². The van der Waals surface area contributed by atoms with Gasteiger partial charge in [-0.1, -0.05) is 30.3 Å². The molecule has 2 N–H and O–H groups in total. The number of anilines is 1. The highest BCUT2D eigenvalue weighted by Gasteiger charge is 2.16. The SMILES string of the molecule is COC(=O)c1cc(F)c(N)cc1-c1ccccc1. The topological polar surface area (TPSA) is 52.3 Å². The number of benzene rings is 2. The molecule has 0 radical (unpaired) electrons. The summed E-state index contributed by atoms with van der Waals surface area (Å²) in [5, 5.41) is 0. The van der Waals surface area contributed by atoms with Gasteiger partial charge in [0.2, 0.25) is 0 Å². The Morgan fingerprint density at radius 1 is 1.22 bits per heavy atom. The lowest BCUT2D eigenvalue weighted by Crippen LogP contribution is -2.06. The third-order valence-electron chi connectivity index (χ3n) is 2.63. The van der Waals surface area contributed by atoms with E-state index in [1.165, 1.54) is 13.2 Å². The maximum atomic E-state index is 13.4. The molecule has 2 aromatic rings. The van der Waals surface area contributed by atoms with E-state index >= 15 is 0 Å². The number of hydrogen-bond donors (Lipinski definition) is 1. The summed E-state index contributed by atoms with van der Waals surface area (Å²) in [4.78, 5) is 11.6. The summed E-state index contributed by atoms with van der Waals surface area (Å²) >= 11 is 0. The van der Waals surface area contributed by atoms with Crippen molar-refractivity contribution >= 4 is 11.7 Å². The van der Waals surface area contributed by atoms with Gasteiger partial charge in [0.15, 0.2) is 0 Å². The highest BCUT2D eigenvalue weighted by atomic mass is 19.1. The molecule has 0 heterocycles. The number of esters is 1. The summed E-state index contributed by atoms with van der Waals surface area (Å²) in [6.45, 7) is 0. The summed E-state index contributed by atoms with van der Waals surface area (Å²) in [5.74, 6) is -1.22. The largest absolute Gasteiger partial charge is 0.465 e. The zero-order valence-electron chi connectivity index (χ0n) is 9.81. The van der Waals surface area contributed by atoms with Crippen LogP contribution in [0.1, 0.15) is 10.4 Å². The molecule has 0 aliphatic heterocycles. The first kappa shape index (κ1) is 12.1. The lowest BCUT2D eigenvalue weighted by atomic mass is 9.99. The molecule has 18 heavy (non-hydrogen) atoms. The number of rotatable bonds is 2. The van der Waals surface area contributed by atoms with Gasteiger partial charge in [-0.3, -0.25) is 0 Å². The van der Waals surface area contributed by atoms with Crippen LogP contribution in [0.4, 0.5) is 10.1 Å².